The summed E-state index contributed by atoms with van der Waals surface area (Å²) < 4.78 is 0. The highest BCUT2D eigenvalue weighted by atomic mass is 16.2. The molecule has 1 aromatic heterocycles. The number of likely N-dealkylation sites (N-methyl/N-ethyl adjacent to an activating group) is 1. The van der Waals surface area contributed by atoms with Gasteiger partial charge in [-0.05, 0) is 20.3 Å². The maximum atomic E-state index is 11.8. The summed E-state index contributed by atoms with van der Waals surface area (Å²) in [5.74, 6) is 1.80. The molecule has 1 atom stereocenters. The van der Waals surface area contributed by atoms with Crippen LogP contribution in [-0.2, 0) is 11.2 Å². The Morgan fingerprint density at radius 3 is 2.58 bits per heavy atom. The normalized spacial score (nSPS) is 12.1. The molecule has 3 N–H and O–H groups in total. The molecule has 0 bridgehead atoms. The molecule has 0 aliphatic rings. The largest absolute Gasteiger partial charge is 0.383 e. The first kappa shape index (κ1) is 15.2. The summed E-state index contributed by atoms with van der Waals surface area (Å²) in [7, 11) is 3.45. The quantitative estimate of drug-likeness (QED) is 0.836. The van der Waals surface area contributed by atoms with E-state index in [9.17, 15) is 4.79 Å². The minimum absolute atomic E-state index is 0.00590. The molecule has 0 radical (unpaired) electrons. The molecule has 1 unspecified atom stereocenters. The fourth-order valence-corrected chi connectivity index (χ4v) is 1.71. The second-order valence-corrected chi connectivity index (χ2v) is 4.85. The second-order valence-electron chi connectivity index (χ2n) is 4.85. The number of carbonyl (C=O) groups excluding carboxylic acids is 1. The van der Waals surface area contributed by atoms with E-state index >= 15 is 0 Å². The zero-order valence-corrected chi connectivity index (χ0v) is 12.3. The zero-order chi connectivity index (χ0) is 14.6. The molecular weight excluding hydrogens is 242 g/mol. The van der Waals surface area contributed by atoms with Crippen molar-refractivity contribution in [2.75, 3.05) is 25.1 Å². The maximum Gasteiger partial charge on any atom is 0.244 e. The number of aromatic nitrogens is 2. The van der Waals surface area contributed by atoms with E-state index in [0.29, 0.717) is 17.5 Å². The average Bonchev–Trinajstić information content (AvgIpc) is 2.34. The van der Waals surface area contributed by atoms with Gasteiger partial charge in [-0.25, -0.2) is 9.97 Å². The van der Waals surface area contributed by atoms with E-state index in [0.717, 1.165) is 18.4 Å². The smallest absolute Gasteiger partial charge is 0.244 e. The molecule has 1 heterocycles. The molecular formula is C13H23N5O. The topological polar surface area (TPSA) is 84.1 Å². The van der Waals surface area contributed by atoms with Crippen molar-refractivity contribution in [2.24, 2.45) is 0 Å². The molecule has 1 rings (SSSR count). The third-order valence-electron chi connectivity index (χ3n) is 2.87. The van der Waals surface area contributed by atoms with Crippen LogP contribution in [0.3, 0.4) is 0 Å². The molecule has 0 aromatic carbocycles. The summed E-state index contributed by atoms with van der Waals surface area (Å²) in [5.41, 5.74) is 6.65. The Bertz CT molecular complexity index is 459. The van der Waals surface area contributed by atoms with Gasteiger partial charge in [0.2, 0.25) is 5.91 Å². The van der Waals surface area contributed by atoms with Crippen molar-refractivity contribution >= 4 is 17.5 Å². The minimum Gasteiger partial charge on any atom is -0.383 e. The van der Waals surface area contributed by atoms with Gasteiger partial charge in [0, 0.05) is 26.1 Å². The van der Waals surface area contributed by atoms with Crippen LogP contribution in [-0.4, -0.2) is 40.9 Å². The molecule has 1 aromatic rings. The van der Waals surface area contributed by atoms with Crippen molar-refractivity contribution in [3.8, 4) is 0 Å². The van der Waals surface area contributed by atoms with Crippen LogP contribution in [0, 0.1) is 6.92 Å². The third-order valence-corrected chi connectivity index (χ3v) is 2.87. The molecule has 0 spiro atoms. The van der Waals surface area contributed by atoms with Gasteiger partial charge in [-0.3, -0.25) is 4.79 Å². The van der Waals surface area contributed by atoms with Gasteiger partial charge in [0.15, 0.2) is 0 Å². The van der Waals surface area contributed by atoms with Crippen molar-refractivity contribution in [3.63, 3.8) is 0 Å². The molecule has 0 fully saturated rings. The zero-order valence-electron chi connectivity index (χ0n) is 12.3. The fourth-order valence-electron chi connectivity index (χ4n) is 1.71. The number of nitrogens with two attached hydrogens (primary N) is 1. The number of nitrogens with one attached hydrogen (secondary N) is 1. The van der Waals surface area contributed by atoms with E-state index in [-0.39, 0.29) is 11.9 Å². The predicted octanol–water partition coefficient (Wildman–Crippen LogP) is 1.21. The standard InChI is InChI=1S/C13H23N5O/c1-6-7-10-16-11(14)8(2)12(17-10)15-9(3)13(19)18(4)5/h9H,6-7H2,1-5H3,(H3,14,15,16,17). The average molecular weight is 265 g/mol. The molecule has 19 heavy (non-hydrogen) atoms. The Morgan fingerprint density at radius 2 is 2.05 bits per heavy atom. The Labute approximate surface area is 114 Å². The van der Waals surface area contributed by atoms with Gasteiger partial charge in [0.25, 0.3) is 0 Å². The van der Waals surface area contributed by atoms with Crippen LogP contribution in [0.4, 0.5) is 11.6 Å². The molecule has 6 heteroatoms. The van der Waals surface area contributed by atoms with Gasteiger partial charge >= 0.3 is 0 Å². The van der Waals surface area contributed by atoms with Gasteiger partial charge in [0.05, 0.1) is 0 Å². The Kier molecular flexibility index (Phi) is 5.09. The lowest BCUT2D eigenvalue weighted by Crippen LogP contribution is -2.37. The highest BCUT2D eigenvalue weighted by Gasteiger charge is 2.17. The Morgan fingerprint density at radius 1 is 1.42 bits per heavy atom. The van der Waals surface area contributed by atoms with E-state index in [1.54, 1.807) is 25.9 Å². The number of hydrogen-bond donors (Lipinski definition) is 2. The lowest BCUT2D eigenvalue weighted by molar-refractivity contribution is -0.129. The number of rotatable bonds is 5. The summed E-state index contributed by atoms with van der Waals surface area (Å²) in [6.07, 6.45) is 1.73. The Balaban J connectivity index is 2.96. The molecule has 1 amide bonds. The van der Waals surface area contributed by atoms with Crippen molar-refractivity contribution < 1.29 is 4.79 Å². The lowest BCUT2D eigenvalue weighted by atomic mass is 10.2. The minimum atomic E-state index is -0.350. The number of aryl methyl sites for hydroxylation is 1. The van der Waals surface area contributed by atoms with Crippen molar-refractivity contribution in [3.05, 3.63) is 11.4 Å². The van der Waals surface area contributed by atoms with Gasteiger partial charge in [-0.15, -0.1) is 0 Å². The van der Waals surface area contributed by atoms with Crippen LogP contribution >= 0.6 is 0 Å². The summed E-state index contributed by atoms with van der Waals surface area (Å²) in [6.45, 7) is 5.71. The van der Waals surface area contributed by atoms with Crippen molar-refractivity contribution in [1.29, 1.82) is 0 Å². The summed E-state index contributed by atoms with van der Waals surface area (Å²) in [6, 6.07) is -0.350. The van der Waals surface area contributed by atoms with Crippen LogP contribution in [0.5, 0.6) is 0 Å². The van der Waals surface area contributed by atoms with Crippen molar-refractivity contribution in [1.82, 2.24) is 14.9 Å². The second kappa shape index (κ2) is 6.36. The fraction of sp³-hybridized carbons (Fsp3) is 0.615. The molecule has 0 saturated carbocycles. The SMILES string of the molecule is CCCc1nc(N)c(C)c(NC(C)C(=O)N(C)C)n1. The summed E-state index contributed by atoms with van der Waals surface area (Å²) in [4.78, 5) is 22.1. The van der Waals surface area contributed by atoms with Crippen LogP contribution < -0.4 is 11.1 Å². The maximum absolute atomic E-state index is 11.8. The number of anilines is 2. The highest BCUT2D eigenvalue weighted by molar-refractivity contribution is 5.83. The molecule has 106 valence electrons. The van der Waals surface area contributed by atoms with E-state index in [4.69, 9.17) is 5.73 Å². The molecule has 0 saturated heterocycles. The van der Waals surface area contributed by atoms with E-state index in [1.807, 2.05) is 6.92 Å². The number of nitrogen functional groups attached to an aromatic ring is 1. The number of carbonyl (C=O) groups is 1. The van der Waals surface area contributed by atoms with Crippen LogP contribution in [0.1, 0.15) is 31.7 Å². The van der Waals surface area contributed by atoms with Crippen LogP contribution in [0.15, 0.2) is 0 Å². The van der Waals surface area contributed by atoms with Gasteiger partial charge in [-0.2, -0.15) is 0 Å². The first-order valence-corrected chi connectivity index (χ1v) is 6.47. The molecule has 0 aliphatic heterocycles. The van der Waals surface area contributed by atoms with E-state index in [1.165, 1.54) is 0 Å². The third kappa shape index (κ3) is 3.81. The van der Waals surface area contributed by atoms with Crippen molar-refractivity contribution in [2.45, 2.75) is 39.7 Å². The first-order valence-electron chi connectivity index (χ1n) is 6.47. The van der Waals surface area contributed by atoms with Gasteiger partial charge in [-0.1, -0.05) is 6.92 Å². The van der Waals surface area contributed by atoms with Crippen LogP contribution in [0.2, 0.25) is 0 Å². The van der Waals surface area contributed by atoms with Crippen LogP contribution in [0.25, 0.3) is 0 Å². The highest BCUT2D eigenvalue weighted by Crippen LogP contribution is 2.18. The first-order chi connectivity index (χ1) is 8.86. The van der Waals surface area contributed by atoms with Gasteiger partial charge in [0.1, 0.15) is 23.5 Å². The number of amides is 1. The lowest BCUT2D eigenvalue weighted by Gasteiger charge is -2.20. The van der Waals surface area contributed by atoms with Gasteiger partial charge < -0.3 is 16.0 Å². The van der Waals surface area contributed by atoms with E-state index < -0.39 is 0 Å². The number of nitrogens with zero attached hydrogens (tertiary/aromatic N) is 3. The Hall–Kier alpha value is -1.85. The monoisotopic (exact) mass is 265 g/mol. The number of hydrogen-bond acceptors (Lipinski definition) is 5. The van der Waals surface area contributed by atoms with E-state index in [2.05, 4.69) is 22.2 Å². The summed E-state index contributed by atoms with van der Waals surface area (Å²) in [5, 5.41) is 3.11. The molecule has 6 nitrogen and oxygen atoms in total. The summed E-state index contributed by atoms with van der Waals surface area (Å²) >= 11 is 0. The predicted molar refractivity (Wildman–Crippen MR) is 77.0 cm³/mol. The molecule has 0 aliphatic carbocycles.